The summed E-state index contributed by atoms with van der Waals surface area (Å²) in [5.74, 6) is 0.634. The first kappa shape index (κ1) is 19.4. The Morgan fingerprint density at radius 3 is 2.12 bits per heavy atom. The maximum absolute atomic E-state index is 12.8. The first-order valence-electron chi connectivity index (χ1n) is 9.88. The van der Waals surface area contributed by atoms with Crippen LogP contribution in [0, 0.1) is 5.92 Å². The van der Waals surface area contributed by atoms with E-state index in [0.29, 0.717) is 18.7 Å². The van der Waals surface area contributed by atoms with Gasteiger partial charge in [-0.2, -0.15) is 4.31 Å². The molecule has 0 unspecified atom stereocenters. The number of nitrogens with one attached hydrogen (secondary N) is 1. The number of rotatable bonds is 4. The third-order valence-corrected chi connectivity index (χ3v) is 7.58. The van der Waals surface area contributed by atoms with Crippen molar-refractivity contribution in [3.63, 3.8) is 0 Å². The zero-order chi connectivity index (χ0) is 18.6. The Balaban J connectivity index is 1.64. The number of amides is 1. The molecule has 0 aromatic heterocycles. The van der Waals surface area contributed by atoms with Crippen LogP contribution in [0.4, 0.5) is 0 Å². The van der Waals surface area contributed by atoms with E-state index in [2.05, 4.69) is 12.2 Å². The number of benzene rings is 1. The molecule has 0 radical (unpaired) electrons. The monoisotopic (exact) mass is 378 g/mol. The topological polar surface area (TPSA) is 66.5 Å². The van der Waals surface area contributed by atoms with Crippen molar-refractivity contribution in [2.45, 2.75) is 69.2 Å². The number of carbonyl (C=O) groups excluding carboxylic acids is 1. The standard InChI is InChI=1S/C20H30N2O3S/c1-16-6-10-18(11-7-16)21-20(23)17-8-12-19(13-9-17)26(24,25)22-14-4-2-3-5-15-22/h8-9,12-13,16,18H,2-7,10-11,14-15H2,1H3,(H,21,23). The molecule has 2 aliphatic rings. The van der Waals surface area contributed by atoms with Gasteiger partial charge < -0.3 is 5.32 Å². The van der Waals surface area contributed by atoms with Crippen LogP contribution in [0.5, 0.6) is 0 Å². The Morgan fingerprint density at radius 1 is 0.962 bits per heavy atom. The van der Waals surface area contributed by atoms with Gasteiger partial charge in [0.2, 0.25) is 10.0 Å². The molecule has 1 N–H and O–H groups in total. The van der Waals surface area contributed by atoms with E-state index in [4.69, 9.17) is 0 Å². The van der Waals surface area contributed by atoms with Crippen LogP contribution in [0.25, 0.3) is 0 Å². The highest BCUT2D eigenvalue weighted by atomic mass is 32.2. The van der Waals surface area contributed by atoms with Crippen LogP contribution in [0.3, 0.4) is 0 Å². The second kappa shape index (κ2) is 8.53. The molecule has 1 saturated heterocycles. The third kappa shape index (κ3) is 4.65. The predicted octanol–water partition coefficient (Wildman–Crippen LogP) is 3.56. The van der Waals surface area contributed by atoms with Gasteiger partial charge in [-0.15, -0.1) is 0 Å². The van der Waals surface area contributed by atoms with E-state index in [1.165, 1.54) is 0 Å². The van der Waals surface area contributed by atoms with Gasteiger partial charge >= 0.3 is 0 Å². The average molecular weight is 379 g/mol. The van der Waals surface area contributed by atoms with Crippen molar-refractivity contribution in [1.29, 1.82) is 0 Å². The lowest BCUT2D eigenvalue weighted by atomic mass is 9.87. The molecule has 0 bridgehead atoms. The zero-order valence-corrected chi connectivity index (χ0v) is 16.4. The minimum Gasteiger partial charge on any atom is -0.349 e. The maximum atomic E-state index is 12.8. The van der Waals surface area contributed by atoms with Crippen molar-refractivity contribution in [1.82, 2.24) is 9.62 Å². The van der Waals surface area contributed by atoms with E-state index in [1.54, 1.807) is 28.6 Å². The Hall–Kier alpha value is -1.40. The molecule has 6 heteroatoms. The number of hydrogen-bond donors (Lipinski definition) is 1. The molecule has 1 heterocycles. The molecule has 1 saturated carbocycles. The third-order valence-electron chi connectivity index (χ3n) is 5.67. The number of sulfonamides is 1. The summed E-state index contributed by atoms with van der Waals surface area (Å²) in [6.45, 7) is 3.43. The summed E-state index contributed by atoms with van der Waals surface area (Å²) in [6, 6.07) is 6.63. The van der Waals surface area contributed by atoms with Crippen LogP contribution in [0.2, 0.25) is 0 Å². The second-order valence-electron chi connectivity index (χ2n) is 7.77. The first-order valence-corrected chi connectivity index (χ1v) is 11.3. The molecule has 1 amide bonds. The van der Waals surface area contributed by atoms with Crippen LogP contribution in [0.15, 0.2) is 29.2 Å². The number of carbonyl (C=O) groups is 1. The summed E-state index contributed by atoms with van der Waals surface area (Å²) >= 11 is 0. The lowest BCUT2D eigenvalue weighted by Crippen LogP contribution is -2.37. The van der Waals surface area contributed by atoms with Crippen LogP contribution < -0.4 is 5.32 Å². The summed E-state index contributed by atoms with van der Waals surface area (Å²) in [6.07, 6.45) is 8.36. The van der Waals surface area contributed by atoms with E-state index < -0.39 is 10.0 Å². The molecule has 5 nitrogen and oxygen atoms in total. The summed E-state index contributed by atoms with van der Waals surface area (Å²) in [4.78, 5) is 12.7. The molecule has 3 rings (SSSR count). The van der Waals surface area contributed by atoms with Gasteiger partial charge in [0.1, 0.15) is 0 Å². The molecule has 0 spiro atoms. The van der Waals surface area contributed by atoms with Crippen LogP contribution in [-0.2, 0) is 10.0 Å². The Bertz CT molecular complexity index is 699. The average Bonchev–Trinajstić information content (AvgIpc) is 2.94. The van der Waals surface area contributed by atoms with Crippen molar-refractivity contribution in [2.75, 3.05) is 13.1 Å². The Labute approximate surface area is 157 Å². The summed E-state index contributed by atoms with van der Waals surface area (Å²) < 4.78 is 27.2. The fourth-order valence-corrected chi connectivity index (χ4v) is 5.40. The van der Waals surface area contributed by atoms with Gasteiger partial charge in [0.05, 0.1) is 4.90 Å². The van der Waals surface area contributed by atoms with Crippen molar-refractivity contribution < 1.29 is 13.2 Å². The highest BCUT2D eigenvalue weighted by molar-refractivity contribution is 7.89. The van der Waals surface area contributed by atoms with Gasteiger partial charge in [-0.1, -0.05) is 19.8 Å². The molecular weight excluding hydrogens is 348 g/mol. The fraction of sp³-hybridized carbons (Fsp3) is 0.650. The van der Waals surface area contributed by atoms with E-state index in [1.807, 2.05) is 0 Å². The van der Waals surface area contributed by atoms with Gasteiger partial charge in [-0.3, -0.25) is 4.79 Å². The largest absolute Gasteiger partial charge is 0.349 e. The van der Waals surface area contributed by atoms with Crippen LogP contribution in [-0.4, -0.2) is 37.8 Å². The van der Waals surface area contributed by atoms with Crippen molar-refractivity contribution in [3.05, 3.63) is 29.8 Å². The maximum Gasteiger partial charge on any atom is 0.251 e. The summed E-state index contributed by atoms with van der Waals surface area (Å²) in [7, 11) is -3.46. The fourth-order valence-electron chi connectivity index (χ4n) is 3.88. The van der Waals surface area contributed by atoms with Crippen LogP contribution >= 0.6 is 0 Å². The molecule has 144 valence electrons. The van der Waals surface area contributed by atoms with Crippen LogP contribution in [0.1, 0.15) is 68.6 Å². The molecular formula is C20H30N2O3S. The molecule has 0 atom stereocenters. The molecule has 1 aliphatic heterocycles. The molecule has 1 aromatic carbocycles. The van der Waals surface area contributed by atoms with E-state index in [-0.39, 0.29) is 16.8 Å². The van der Waals surface area contributed by atoms with Gasteiger partial charge in [0.25, 0.3) is 5.91 Å². The zero-order valence-electron chi connectivity index (χ0n) is 15.6. The molecule has 2 fully saturated rings. The minimum atomic E-state index is -3.46. The van der Waals surface area contributed by atoms with Crippen molar-refractivity contribution in [2.24, 2.45) is 5.92 Å². The highest BCUT2D eigenvalue weighted by Crippen LogP contribution is 2.24. The van der Waals surface area contributed by atoms with E-state index >= 15 is 0 Å². The second-order valence-corrected chi connectivity index (χ2v) is 9.71. The normalized spacial score (nSPS) is 25.4. The van der Waals surface area contributed by atoms with Gasteiger partial charge in [-0.05, 0) is 68.7 Å². The molecule has 1 aliphatic carbocycles. The summed E-state index contributed by atoms with van der Waals surface area (Å²) in [5.41, 5.74) is 0.526. The Morgan fingerprint density at radius 2 is 1.54 bits per heavy atom. The van der Waals surface area contributed by atoms with E-state index in [9.17, 15) is 13.2 Å². The van der Waals surface area contributed by atoms with Gasteiger partial charge in [0, 0.05) is 24.7 Å². The lowest BCUT2D eigenvalue weighted by molar-refractivity contribution is 0.0923. The molecule has 1 aromatic rings. The van der Waals surface area contributed by atoms with Crippen molar-refractivity contribution >= 4 is 15.9 Å². The summed E-state index contributed by atoms with van der Waals surface area (Å²) in [5, 5.41) is 3.09. The lowest BCUT2D eigenvalue weighted by Gasteiger charge is -2.27. The minimum absolute atomic E-state index is 0.108. The number of hydrogen-bond acceptors (Lipinski definition) is 3. The predicted molar refractivity (Wildman–Crippen MR) is 103 cm³/mol. The first-order chi connectivity index (χ1) is 12.5. The smallest absolute Gasteiger partial charge is 0.251 e. The molecule has 26 heavy (non-hydrogen) atoms. The highest BCUT2D eigenvalue weighted by Gasteiger charge is 2.25. The SMILES string of the molecule is CC1CCC(NC(=O)c2ccc(S(=O)(=O)N3CCCCCC3)cc2)CC1. The quantitative estimate of drug-likeness (QED) is 0.871. The van der Waals surface area contributed by atoms with Gasteiger partial charge in [-0.25, -0.2) is 8.42 Å². The van der Waals surface area contributed by atoms with E-state index in [0.717, 1.165) is 57.3 Å². The van der Waals surface area contributed by atoms with Crippen molar-refractivity contribution in [3.8, 4) is 0 Å². The van der Waals surface area contributed by atoms with Gasteiger partial charge in [0.15, 0.2) is 0 Å². The number of nitrogens with zero attached hydrogens (tertiary/aromatic N) is 1. The Kier molecular flexibility index (Phi) is 6.35.